The highest BCUT2D eigenvalue weighted by atomic mass is 35.5. The number of carbonyl (C=O) groups excluding carboxylic acids is 1. The van der Waals surface area contributed by atoms with Crippen molar-refractivity contribution in [2.45, 2.75) is 17.9 Å². The van der Waals surface area contributed by atoms with Gasteiger partial charge in [0.25, 0.3) is 15.6 Å². The second-order valence-corrected chi connectivity index (χ2v) is 9.90. The van der Waals surface area contributed by atoms with Crippen LogP contribution in [0.4, 0.5) is 11.4 Å². The number of amides is 1. The smallest absolute Gasteiger partial charge is 0.326 e. The van der Waals surface area contributed by atoms with Gasteiger partial charge in [-0.3, -0.25) is 23.9 Å². The summed E-state index contributed by atoms with van der Waals surface area (Å²) < 4.78 is 29.0. The summed E-state index contributed by atoms with van der Waals surface area (Å²) in [5.74, 6) is -0.369. The number of sulfonamides is 1. The summed E-state index contributed by atoms with van der Waals surface area (Å²) in [4.78, 5) is 38.7. The molecule has 0 spiro atoms. The minimum atomic E-state index is -3.98. The molecule has 0 bridgehead atoms. The molecule has 0 saturated carbocycles. The molecule has 0 radical (unpaired) electrons. The van der Waals surface area contributed by atoms with E-state index in [9.17, 15) is 22.8 Å². The zero-order valence-electron chi connectivity index (χ0n) is 17.9. The van der Waals surface area contributed by atoms with E-state index < -0.39 is 21.3 Å². The number of benzene rings is 3. The number of nitrogens with one attached hydrogen (secondary N) is 3. The van der Waals surface area contributed by atoms with Crippen LogP contribution in [0.5, 0.6) is 0 Å². The predicted octanol–water partition coefficient (Wildman–Crippen LogP) is 3.83. The highest BCUT2D eigenvalue weighted by Crippen LogP contribution is 2.30. The number of aromatic amines is 1. The topological polar surface area (TPSA) is 130 Å². The van der Waals surface area contributed by atoms with Gasteiger partial charge >= 0.3 is 5.69 Å². The Morgan fingerprint density at radius 2 is 1.60 bits per heavy atom. The minimum absolute atomic E-state index is 0.0302. The summed E-state index contributed by atoms with van der Waals surface area (Å²) in [7, 11) is -3.98. The van der Waals surface area contributed by atoms with E-state index in [0.717, 1.165) is 0 Å². The molecule has 0 aliphatic rings. The molecule has 1 aromatic heterocycles. The van der Waals surface area contributed by atoms with Crippen molar-refractivity contribution in [3.63, 3.8) is 0 Å². The van der Waals surface area contributed by atoms with E-state index in [1.165, 1.54) is 47.0 Å². The molecular formula is C23H18Cl2N4O5S. The number of halogens is 2. The van der Waals surface area contributed by atoms with Crippen molar-refractivity contribution >= 4 is 61.4 Å². The van der Waals surface area contributed by atoms with Gasteiger partial charge in [-0.1, -0.05) is 41.4 Å². The van der Waals surface area contributed by atoms with Crippen LogP contribution < -0.4 is 21.3 Å². The van der Waals surface area contributed by atoms with E-state index in [-0.39, 0.29) is 39.5 Å². The van der Waals surface area contributed by atoms with Gasteiger partial charge in [0.2, 0.25) is 5.91 Å². The average molecular weight is 533 g/mol. The third kappa shape index (κ3) is 5.40. The molecule has 35 heavy (non-hydrogen) atoms. The molecule has 12 heteroatoms. The fraction of sp³-hybridized carbons (Fsp3) is 0.0870. The van der Waals surface area contributed by atoms with E-state index in [0.29, 0.717) is 16.6 Å². The molecule has 4 aromatic rings. The van der Waals surface area contributed by atoms with Crippen LogP contribution in [0.2, 0.25) is 10.0 Å². The van der Waals surface area contributed by atoms with Crippen LogP contribution in [0.1, 0.15) is 6.42 Å². The van der Waals surface area contributed by atoms with Crippen LogP contribution in [-0.4, -0.2) is 23.9 Å². The maximum atomic E-state index is 12.6. The molecule has 3 N–H and O–H groups in total. The molecule has 0 aliphatic heterocycles. The van der Waals surface area contributed by atoms with Gasteiger partial charge in [-0.25, -0.2) is 13.2 Å². The molecular weight excluding hydrogens is 515 g/mol. The van der Waals surface area contributed by atoms with Crippen molar-refractivity contribution in [1.29, 1.82) is 0 Å². The lowest BCUT2D eigenvalue weighted by Gasteiger charge is -2.12. The zero-order valence-corrected chi connectivity index (χ0v) is 20.2. The van der Waals surface area contributed by atoms with Gasteiger partial charge in [-0.05, 0) is 48.5 Å². The number of aryl methyl sites for hydroxylation is 1. The third-order valence-electron chi connectivity index (χ3n) is 5.09. The molecule has 1 amide bonds. The van der Waals surface area contributed by atoms with E-state index in [1.807, 2.05) is 0 Å². The molecule has 1 heterocycles. The number of fused-ring (bicyclic) bond motifs is 1. The summed E-state index contributed by atoms with van der Waals surface area (Å²) in [6.07, 6.45) is -0.0302. The van der Waals surface area contributed by atoms with Gasteiger partial charge in [0.05, 0.1) is 20.9 Å². The minimum Gasteiger partial charge on any atom is -0.326 e. The highest BCUT2D eigenvalue weighted by molar-refractivity contribution is 7.92. The van der Waals surface area contributed by atoms with Crippen molar-refractivity contribution in [2.75, 3.05) is 10.0 Å². The second-order valence-electron chi connectivity index (χ2n) is 7.46. The molecule has 0 fully saturated rings. The number of nitrogens with zero attached hydrogens (tertiary/aromatic N) is 1. The molecule has 3 aromatic carbocycles. The highest BCUT2D eigenvalue weighted by Gasteiger charge is 2.19. The fourth-order valence-electron chi connectivity index (χ4n) is 3.42. The maximum Gasteiger partial charge on any atom is 0.328 e. The second kappa shape index (κ2) is 9.95. The summed E-state index contributed by atoms with van der Waals surface area (Å²) in [5.41, 5.74) is 0.0331. The Balaban J connectivity index is 1.42. The molecule has 180 valence electrons. The van der Waals surface area contributed by atoms with Gasteiger partial charge in [0.1, 0.15) is 4.90 Å². The number of rotatable bonds is 7. The fourth-order valence-corrected chi connectivity index (χ4v) is 5.25. The predicted molar refractivity (Wildman–Crippen MR) is 136 cm³/mol. The van der Waals surface area contributed by atoms with Crippen molar-refractivity contribution < 1.29 is 13.2 Å². The quantitative estimate of drug-likeness (QED) is 0.333. The van der Waals surface area contributed by atoms with E-state index in [4.69, 9.17) is 23.2 Å². The van der Waals surface area contributed by atoms with Gasteiger partial charge in [-0.2, -0.15) is 0 Å². The Kier molecular flexibility index (Phi) is 6.97. The van der Waals surface area contributed by atoms with Gasteiger partial charge in [0, 0.05) is 24.3 Å². The largest absolute Gasteiger partial charge is 0.328 e. The van der Waals surface area contributed by atoms with Gasteiger partial charge in [-0.15, -0.1) is 0 Å². The van der Waals surface area contributed by atoms with Crippen molar-refractivity contribution in [3.8, 4) is 0 Å². The normalized spacial score (nSPS) is 11.4. The van der Waals surface area contributed by atoms with Crippen LogP contribution in [0.15, 0.2) is 81.2 Å². The molecule has 0 saturated heterocycles. The Labute approximate surface area is 209 Å². The van der Waals surface area contributed by atoms with Crippen LogP contribution in [0.25, 0.3) is 10.9 Å². The molecule has 0 aliphatic carbocycles. The number of carbonyl (C=O) groups is 1. The van der Waals surface area contributed by atoms with Gasteiger partial charge in [0.15, 0.2) is 0 Å². The summed E-state index contributed by atoms with van der Waals surface area (Å²) in [5, 5.41) is 3.07. The standard InChI is InChI=1S/C23H18Cl2N4O5S/c24-17-5-3-7-19(21(17)25)35(33,34)28-15-10-8-14(9-11-15)26-20(30)12-13-29-18-6-2-1-4-16(18)22(31)27-23(29)32/h1-11,28H,12-13H2,(H,26,30)(H,27,31,32). The third-order valence-corrected chi connectivity index (χ3v) is 7.45. The first-order valence-electron chi connectivity index (χ1n) is 10.2. The monoisotopic (exact) mass is 532 g/mol. The first kappa shape index (κ1) is 24.5. The lowest BCUT2D eigenvalue weighted by Crippen LogP contribution is -2.31. The van der Waals surface area contributed by atoms with Crippen molar-refractivity contribution in [1.82, 2.24) is 9.55 Å². The lowest BCUT2D eigenvalue weighted by atomic mass is 10.2. The van der Waals surface area contributed by atoms with Crippen molar-refractivity contribution in [2.24, 2.45) is 0 Å². The summed E-state index contributed by atoms with van der Waals surface area (Å²) >= 11 is 11.9. The zero-order chi connectivity index (χ0) is 25.2. The summed E-state index contributed by atoms with van der Waals surface area (Å²) in [6.45, 7) is 0.0558. The first-order chi connectivity index (χ1) is 16.7. The van der Waals surface area contributed by atoms with Crippen LogP contribution >= 0.6 is 23.2 Å². The number of para-hydroxylation sites is 1. The van der Waals surface area contributed by atoms with Crippen LogP contribution in [0.3, 0.4) is 0 Å². The Bertz CT molecular complexity index is 1650. The molecule has 9 nitrogen and oxygen atoms in total. The maximum absolute atomic E-state index is 12.6. The Morgan fingerprint density at radius 1 is 0.914 bits per heavy atom. The Morgan fingerprint density at radius 3 is 2.34 bits per heavy atom. The number of hydrogen-bond donors (Lipinski definition) is 3. The van der Waals surface area contributed by atoms with E-state index in [2.05, 4.69) is 15.0 Å². The molecule has 0 atom stereocenters. The SMILES string of the molecule is O=C(CCn1c(=O)[nH]c(=O)c2ccccc21)Nc1ccc(NS(=O)(=O)c2cccc(Cl)c2Cl)cc1. The van der Waals surface area contributed by atoms with Crippen LogP contribution in [-0.2, 0) is 21.4 Å². The Hall–Kier alpha value is -3.60. The lowest BCUT2D eigenvalue weighted by molar-refractivity contribution is -0.116. The van der Waals surface area contributed by atoms with E-state index >= 15 is 0 Å². The average Bonchev–Trinajstić information content (AvgIpc) is 2.81. The van der Waals surface area contributed by atoms with Gasteiger partial charge < -0.3 is 5.32 Å². The van der Waals surface area contributed by atoms with E-state index in [1.54, 1.807) is 24.3 Å². The number of aromatic nitrogens is 2. The summed E-state index contributed by atoms with van der Waals surface area (Å²) in [6, 6.07) is 16.9. The molecule has 4 rings (SSSR count). The van der Waals surface area contributed by atoms with Crippen molar-refractivity contribution in [3.05, 3.63) is 97.6 Å². The number of anilines is 2. The molecule has 0 unspecified atom stereocenters. The number of H-pyrrole nitrogens is 1. The number of hydrogen-bond acceptors (Lipinski definition) is 5. The van der Waals surface area contributed by atoms with Crippen LogP contribution in [0, 0.1) is 0 Å². The first-order valence-corrected chi connectivity index (χ1v) is 12.5.